The summed E-state index contributed by atoms with van der Waals surface area (Å²) in [6.45, 7) is 0. The molecule has 0 spiro atoms. The van der Waals surface area contributed by atoms with Crippen molar-refractivity contribution in [2.75, 3.05) is 5.32 Å². The summed E-state index contributed by atoms with van der Waals surface area (Å²) >= 11 is 15.5. The van der Waals surface area contributed by atoms with Gasteiger partial charge in [0.25, 0.3) is 0 Å². The van der Waals surface area contributed by atoms with Crippen LogP contribution >= 0.6 is 39.1 Å². The number of carbonyl (C=O) groups is 1. The zero-order chi connectivity index (χ0) is 14.0. The van der Waals surface area contributed by atoms with Crippen molar-refractivity contribution in [3.05, 3.63) is 26.7 Å². The van der Waals surface area contributed by atoms with Gasteiger partial charge in [-0.15, -0.1) is 0 Å². The standard InChI is InChI=1S/C13H15BrCl2N2O/c14-7-5-9(15)12(10(16)6-7)18-13(19)8-3-1-2-4-11(8)17/h5-6,8,11H,1-4,17H2,(H,18,19). The van der Waals surface area contributed by atoms with Crippen LogP contribution in [0, 0.1) is 5.92 Å². The van der Waals surface area contributed by atoms with Gasteiger partial charge in [0.1, 0.15) is 0 Å². The largest absolute Gasteiger partial charge is 0.327 e. The summed E-state index contributed by atoms with van der Waals surface area (Å²) in [5.41, 5.74) is 6.45. The molecule has 2 unspecified atom stereocenters. The van der Waals surface area contributed by atoms with Crippen LogP contribution in [0.2, 0.25) is 10.0 Å². The molecule has 3 N–H and O–H groups in total. The van der Waals surface area contributed by atoms with Gasteiger partial charge in [-0.25, -0.2) is 0 Å². The zero-order valence-corrected chi connectivity index (χ0v) is 13.4. The van der Waals surface area contributed by atoms with E-state index >= 15 is 0 Å². The molecule has 1 aliphatic rings. The molecule has 2 atom stereocenters. The van der Waals surface area contributed by atoms with Crippen LogP contribution in [0.15, 0.2) is 16.6 Å². The highest BCUT2D eigenvalue weighted by Crippen LogP contribution is 2.35. The molecule has 1 saturated carbocycles. The Bertz CT molecular complexity index is 473. The fourth-order valence-corrected chi connectivity index (χ4v) is 3.67. The van der Waals surface area contributed by atoms with Crippen LogP contribution in [0.1, 0.15) is 25.7 Å². The summed E-state index contributed by atoms with van der Waals surface area (Å²) in [4.78, 5) is 12.2. The van der Waals surface area contributed by atoms with E-state index in [1.807, 2.05) is 0 Å². The van der Waals surface area contributed by atoms with E-state index in [2.05, 4.69) is 21.2 Å². The average Bonchev–Trinajstić information content (AvgIpc) is 2.34. The van der Waals surface area contributed by atoms with Gasteiger partial charge in [0.15, 0.2) is 0 Å². The van der Waals surface area contributed by atoms with Crippen molar-refractivity contribution in [1.29, 1.82) is 0 Å². The SMILES string of the molecule is NC1CCCCC1C(=O)Nc1c(Cl)cc(Br)cc1Cl. The third kappa shape index (κ3) is 3.63. The molecule has 2 rings (SSSR count). The van der Waals surface area contributed by atoms with Gasteiger partial charge in [-0.05, 0) is 25.0 Å². The fraction of sp³-hybridized carbons (Fsp3) is 0.462. The molecule has 0 bridgehead atoms. The maximum atomic E-state index is 12.2. The first kappa shape index (κ1) is 15.1. The van der Waals surface area contributed by atoms with Crippen LogP contribution in [0.3, 0.4) is 0 Å². The minimum Gasteiger partial charge on any atom is -0.327 e. The Hall–Kier alpha value is -0.290. The molecule has 0 heterocycles. The first-order valence-corrected chi connectivity index (χ1v) is 7.75. The van der Waals surface area contributed by atoms with E-state index in [9.17, 15) is 4.79 Å². The predicted octanol–water partition coefficient (Wildman–Crippen LogP) is 4.21. The molecule has 104 valence electrons. The number of hydrogen-bond acceptors (Lipinski definition) is 2. The van der Waals surface area contributed by atoms with Gasteiger partial charge in [0.2, 0.25) is 5.91 Å². The number of benzene rings is 1. The third-order valence-electron chi connectivity index (χ3n) is 3.41. The van der Waals surface area contributed by atoms with Crippen LogP contribution in [-0.4, -0.2) is 11.9 Å². The minimum absolute atomic E-state index is 0.0817. The Labute approximate surface area is 131 Å². The van der Waals surface area contributed by atoms with Crippen molar-refractivity contribution in [2.45, 2.75) is 31.7 Å². The lowest BCUT2D eigenvalue weighted by Gasteiger charge is -2.27. The Morgan fingerprint density at radius 3 is 2.42 bits per heavy atom. The fourth-order valence-electron chi connectivity index (χ4n) is 2.36. The third-order valence-corrected chi connectivity index (χ3v) is 4.47. The van der Waals surface area contributed by atoms with Gasteiger partial charge in [-0.3, -0.25) is 4.79 Å². The summed E-state index contributed by atoms with van der Waals surface area (Å²) in [5.74, 6) is -0.261. The molecule has 0 saturated heterocycles. The molecule has 1 aromatic rings. The van der Waals surface area contributed by atoms with Crippen molar-refractivity contribution in [1.82, 2.24) is 0 Å². The highest BCUT2D eigenvalue weighted by molar-refractivity contribution is 9.10. The van der Waals surface area contributed by atoms with Crippen molar-refractivity contribution in [3.8, 4) is 0 Å². The normalized spacial score (nSPS) is 23.2. The van der Waals surface area contributed by atoms with Crippen molar-refractivity contribution >= 4 is 50.7 Å². The second-order valence-corrected chi connectivity index (χ2v) is 6.52. The molecule has 1 aromatic carbocycles. The maximum absolute atomic E-state index is 12.2. The second kappa shape index (κ2) is 6.44. The highest BCUT2D eigenvalue weighted by Gasteiger charge is 2.29. The smallest absolute Gasteiger partial charge is 0.229 e. The lowest BCUT2D eigenvalue weighted by molar-refractivity contribution is -0.121. The Kier molecular flexibility index (Phi) is 5.12. The molecule has 0 aliphatic heterocycles. The van der Waals surface area contributed by atoms with Gasteiger partial charge in [-0.1, -0.05) is 52.0 Å². The van der Waals surface area contributed by atoms with Crippen LogP contribution < -0.4 is 11.1 Å². The van der Waals surface area contributed by atoms with E-state index < -0.39 is 0 Å². The molecular formula is C13H15BrCl2N2O. The molecule has 1 aliphatic carbocycles. The first-order valence-electron chi connectivity index (χ1n) is 6.20. The topological polar surface area (TPSA) is 55.1 Å². The lowest BCUT2D eigenvalue weighted by atomic mass is 9.84. The quantitative estimate of drug-likeness (QED) is 0.824. The predicted molar refractivity (Wildman–Crippen MR) is 82.7 cm³/mol. The monoisotopic (exact) mass is 364 g/mol. The molecule has 0 aromatic heterocycles. The molecule has 19 heavy (non-hydrogen) atoms. The number of halogens is 3. The summed E-state index contributed by atoms with van der Waals surface area (Å²) in [6.07, 6.45) is 3.83. The van der Waals surface area contributed by atoms with E-state index in [1.54, 1.807) is 12.1 Å². The molecular weight excluding hydrogens is 351 g/mol. The maximum Gasteiger partial charge on any atom is 0.229 e. The van der Waals surface area contributed by atoms with Crippen molar-refractivity contribution in [3.63, 3.8) is 0 Å². The molecule has 1 fully saturated rings. The summed E-state index contributed by atoms with van der Waals surface area (Å²) in [7, 11) is 0. The van der Waals surface area contributed by atoms with Gasteiger partial charge >= 0.3 is 0 Å². The molecule has 3 nitrogen and oxygen atoms in total. The molecule has 1 amide bonds. The van der Waals surface area contributed by atoms with E-state index in [0.717, 1.165) is 30.2 Å². The van der Waals surface area contributed by atoms with Crippen molar-refractivity contribution in [2.24, 2.45) is 11.7 Å². The number of nitrogens with two attached hydrogens (primary N) is 1. The first-order chi connectivity index (χ1) is 8.99. The molecule has 6 heteroatoms. The van der Waals surface area contributed by atoms with Crippen LogP contribution in [0.25, 0.3) is 0 Å². The van der Waals surface area contributed by atoms with Gasteiger partial charge in [-0.2, -0.15) is 0 Å². The van der Waals surface area contributed by atoms with Crippen LogP contribution in [0.4, 0.5) is 5.69 Å². The Morgan fingerprint density at radius 1 is 1.26 bits per heavy atom. The zero-order valence-electron chi connectivity index (χ0n) is 10.3. The highest BCUT2D eigenvalue weighted by atomic mass is 79.9. The van der Waals surface area contributed by atoms with E-state index in [1.165, 1.54) is 0 Å². The average molecular weight is 366 g/mol. The van der Waals surface area contributed by atoms with Gasteiger partial charge in [0.05, 0.1) is 21.7 Å². The number of anilines is 1. The van der Waals surface area contributed by atoms with Crippen LogP contribution in [-0.2, 0) is 4.79 Å². The second-order valence-electron chi connectivity index (χ2n) is 4.79. The number of hydrogen-bond donors (Lipinski definition) is 2. The number of rotatable bonds is 2. The number of amides is 1. The van der Waals surface area contributed by atoms with Gasteiger partial charge in [0, 0.05) is 10.5 Å². The summed E-state index contributed by atoms with van der Waals surface area (Å²) in [5, 5.41) is 3.63. The molecule has 0 radical (unpaired) electrons. The Balaban J connectivity index is 2.14. The van der Waals surface area contributed by atoms with E-state index in [4.69, 9.17) is 28.9 Å². The minimum atomic E-state index is -0.162. The summed E-state index contributed by atoms with van der Waals surface area (Å²) < 4.78 is 0.773. The van der Waals surface area contributed by atoms with E-state index in [-0.39, 0.29) is 17.9 Å². The van der Waals surface area contributed by atoms with E-state index in [0.29, 0.717) is 15.7 Å². The lowest BCUT2D eigenvalue weighted by Crippen LogP contribution is -2.40. The van der Waals surface area contributed by atoms with Crippen LogP contribution in [0.5, 0.6) is 0 Å². The van der Waals surface area contributed by atoms with Gasteiger partial charge < -0.3 is 11.1 Å². The van der Waals surface area contributed by atoms with Crippen molar-refractivity contribution < 1.29 is 4.79 Å². The Morgan fingerprint density at radius 2 is 1.84 bits per heavy atom. The number of carbonyl (C=O) groups excluding carboxylic acids is 1. The number of nitrogens with one attached hydrogen (secondary N) is 1. The summed E-state index contributed by atoms with van der Waals surface area (Å²) in [6, 6.07) is 3.31.